The first-order valence-electron chi connectivity index (χ1n) is 26.9. The van der Waals surface area contributed by atoms with Gasteiger partial charge >= 0.3 is 0 Å². The first-order valence-corrected chi connectivity index (χ1v) is 26.9. The molecule has 0 fully saturated rings. The van der Waals surface area contributed by atoms with Crippen LogP contribution >= 0.6 is 0 Å². The molecular formula is C74H54N4. The van der Waals surface area contributed by atoms with E-state index in [1.54, 1.807) is 0 Å². The zero-order chi connectivity index (χ0) is 51.8. The van der Waals surface area contributed by atoms with Crippen molar-refractivity contribution in [1.29, 1.82) is 0 Å². The van der Waals surface area contributed by atoms with E-state index in [-0.39, 0.29) is 0 Å². The van der Waals surface area contributed by atoms with Gasteiger partial charge in [0.1, 0.15) is 0 Å². The summed E-state index contributed by atoms with van der Waals surface area (Å²) in [6, 6.07) is 104. The topological polar surface area (TPSA) is 13.0 Å². The van der Waals surface area contributed by atoms with E-state index in [2.05, 4.69) is 335 Å². The molecule has 0 aliphatic heterocycles. The zero-order valence-electron chi connectivity index (χ0n) is 43.0. The second kappa shape index (κ2) is 19.8. The Bertz CT molecular complexity index is 3660. The van der Waals surface area contributed by atoms with Gasteiger partial charge in [0.05, 0.1) is 5.41 Å². The Balaban J connectivity index is 1.10. The Kier molecular flexibility index (Phi) is 11.8. The molecule has 0 saturated carbocycles. The van der Waals surface area contributed by atoms with Gasteiger partial charge in [-0.15, -0.1) is 0 Å². The molecule has 3 aliphatic carbocycles. The number of para-hydroxylation sites is 7. The summed E-state index contributed by atoms with van der Waals surface area (Å²) in [5.74, 6) is 0. The van der Waals surface area contributed by atoms with Crippen LogP contribution in [0.25, 0.3) is 22.3 Å². The number of allylic oxidation sites excluding steroid dienone is 5. The zero-order valence-corrected chi connectivity index (χ0v) is 43.0. The van der Waals surface area contributed by atoms with Gasteiger partial charge in [0, 0.05) is 74.7 Å². The molecule has 3 aliphatic rings. The van der Waals surface area contributed by atoms with Crippen molar-refractivity contribution in [1.82, 2.24) is 0 Å². The molecule has 78 heavy (non-hydrogen) atoms. The van der Waals surface area contributed by atoms with Crippen LogP contribution in [-0.4, -0.2) is 0 Å². The highest BCUT2D eigenvalue weighted by molar-refractivity contribution is 5.99. The van der Waals surface area contributed by atoms with Crippen molar-refractivity contribution in [3.63, 3.8) is 0 Å². The summed E-state index contributed by atoms with van der Waals surface area (Å²) in [7, 11) is 0. The number of hydrogen-bond donors (Lipinski definition) is 0. The molecule has 4 heteroatoms. The number of benzene rings is 11. The van der Waals surface area contributed by atoms with Crippen LogP contribution in [0, 0.1) is 0 Å². The predicted octanol–water partition coefficient (Wildman–Crippen LogP) is 20.0. The van der Waals surface area contributed by atoms with E-state index in [1.807, 2.05) is 0 Å². The molecular weight excluding hydrogens is 945 g/mol. The fourth-order valence-corrected chi connectivity index (χ4v) is 12.3. The molecule has 0 aromatic heterocycles. The Morgan fingerprint density at radius 3 is 0.769 bits per heavy atom. The highest BCUT2D eigenvalue weighted by Gasteiger charge is 2.53. The molecule has 0 bridgehead atoms. The molecule has 4 nitrogen and oxygen atoms in total. The first kappa shape index (κ1) is 46.4. The van der Waals surface area contributed by atoms with Gasteiger partial charge in [0.15, 0.2) is 0 Å². The summed E-state index contributed by atoms with van der Waals surface area (Å²) < 4.78 is 0. The summed E-state index contributed by atoms with van der Waals surface area (Å²) in [5.41, 5.74) is 22.2. The van der Waals surface area contributed by atoms with Crippen molar-refractivity contribution >= 4 is 62.6 Å². The molecule has 11 aromatic carbocycles. The van der Waals surface area contributed by atoms with Crippen LogP contribution in [-0.2, 0) is 5.41 Å². The third kappa shape index (κ3) is 7.93. The van der Waals surface area contributed by atoms with Gasteiger partial charge in [-0.1, -0.05) is 176 Å². The van der Waals surface area contributed by atoms with Gasteiger partial charge in [-0.3, -0.25) is 0 Å². The SMILES string of the molecule is C1=CC=C(N(c2ccccc2)c2ccc3c(c2)C2(c4cc(N(c5ccccc5)c5ccccc5)ccc4-3)c3cc(N(c4ccccc4)c4ccccc4)ccc3-c3ccc(N(c4ccccc4)c4ccccc4)cc32)CC=C1. The van der Waals surface area contributed by atoms with Crippen LogP contribution in [0.3, 0.4) is 0 Å². The standard InChI is InChI=1S/C74H54N4/c1-2-11-27-54(26-10-1)75(55-28-12-3-13-29-55)62-42-46-66-67-47-43-63(76(56-30-14-4-15-31-56)57-32-16-5-17-33-57)51-71(67)74(70(66)50-62)72-52-64(77(58-34-18-6-19-35-58)59-36-20-7-21-37-59)44-48-68(72)69-49-45-65(53-73(69)74)78(60-38-22-8-23-39-60)61-40-24-9-25-41-61/h1-26,28-53H,27H2. The number of anilines is 11. The molecule has 0 unspecified atom stereocenters. The third-order valence-electron chi connectivity index (χ3n) is 15.6. The highest BCUT2D eigenvalue weighted by atomic mass is 15.2. The van der Waals surface area contributed by atoms with Gasteiger partial charge in [0.25, 0.3) is 0 Å². The van der Waals surface area contributed by atoms with Gasteiger partial charge < -0.3 is 19.6 Å². The molecule has 1 spiro atoms. The van der Waals surface area contributed by atoms with Crippen molar-refractivity contribution in [2.24, 2.45) is 0 Å². The minimum Gasteiger partial charge on any atom is -0.314 e. The van der Waals surface area contributed by atoms with Crippen LogP contribution in [0.5, 0.6) is 0 Å². The number of hydrogen-bond acceptors (Lipinski definition) is 4. The van der Waals surface area contributed by atoms with Gasteiger partial charge in [-0.05, 0) is 184 Å². The Hall–Kier alpha value is -10.2. The number of nitrogens with zero attached hydrogens (tertiary/aromatic N) is 4. The highest BCUT2D eigenvalue weighted by Crippen LogP contribution is 2.65. The van der Waals surface area contributed by atoms with Crippen LogP contribution in [0.4, 0.5) is 62.6 Å². The predicted molar refractivity (Wildman–Crippen MR) is 326 cm³/mol. The van der Waals surface area contributed by atoms with E-state index >= 15 is 0 Å². The Morgan fingerprint density at radius 1 is 0.231 bits per heavy atom. The maximum atomic E-state index is 2.52. The van der Waals surface area contributed by atoms with Crippen LogP contribution in [0.1, 0.15) is 28.7 Å². The maximum Gasteiger partial charge on any atom is 0.0728 e. The second-order valence-corrected chi connectivity index (χ2v) is 20.0. The third-order valence-corrected chi connectivity index (χ3v) is 15.6. The van der Waals surface area contributed by atoms with E-state index in [1.165, 1.54) is 50.2 Å². The molecule has 14 rings (SSSR count). The molecule has 0 N–H and O–H groups in total. The van der Waals surface area contributed by atoms with Gasteiger partial charge in [0.2, 0.25) is 0 Å². The van der Waals surface area contributed by atoms with Gasteiger partial charge in [-0.25, -0.2) is 0 Å². The molecule has 0 radical (unpaired) electrons. The van der Waals surface area contributed by atoms with Crippen molar-refractivity contribution in [3.8, 4) is 22.3 Å². The largest absolute Gasteiger partial charge is 0.314 e. The van der Waals surface area contributed by atoms with Crippen LogP contribution in [0.2, 0.25) is 0 Å². The summed E-state index contributed by atoms with van der Waals surface area (Å²) in [6.45, 7) is 0. The molecule has 0 amide bonds. The molecule has 0 heterocycles. The van der Waals surface area contributed by atoms with Crippen molar-refractivity contribution in [3.05, 3.63) is 343 Å². The smallest absolute Gasteiger partial charge is 0.0728 e. The minimum atomic E-state index is -0.815. The lowest BCUT2D eigenvalue weighted by molar-refractivity contribution is 0.793. The summed E-state index contributed by atoms with van der Waals surface area (Å²) in [5, 5.41) is 0. The number of rotatable bonds is 12. The lowest BCUT2D eigenvalue weighted by Crippen LogP contribution is -2.27. The molecule has 0 saturated heterocycles. The van der Waals surface area contributed by atoms with Crippen LogP contribution < -0.4 is 19.6 Å². The average Bonchev–Trinajstić information content (AvgIpc) is 4.00. The van der Waals surface area contributed by atoms with E-state index in [0.717, 1.165) is 69.0 Å². The second-order valence-electron chi connectivity index (χ2n) is 20.0. The van der Waals surface area contributed by atoms with E-state index in [4.69, 9.17) is 0 Å². The summed E-state index contributed by atoms with van der Waals surface area (Å²) >= 11 is 0. The summed E-state index contributed by atoms with van der Waals surface area (Å²) in [4.78, 5) is 9.67. The minimum absolute atomic E-state index is 0.782. The van der Waals surface area contributed by atoms with Crippen molar-refractivity contribution in [2.45, 2.75) is 11.8 Å². The summed E-state index contributed by atoms with van der Waals surface area (Å²) in [6.07, 6.45) is 11.7. The van der Waals surface area contributed by atoms with Crippen molar-refractivity contribution in [2.75, 3.05) is 19.6 Å². The first-order chi connectivity index (χ1) is 38.7. The van der Waals surface area contributed by atoms with Crippen molar-refractivity contribution < 1.29 is 0 Å². The maximum absolute atomic E-state index is 2.52. The normalized spacial score (nSPS) is 13.2. The monoisotopic (exact) mass is 998 g/mol. The number of fused-ring (bicyclic) bond motifs is 10. The van der Waals surface area contributed by atoms with E-state index < -0.39 is 5.41 Å². The Labute approximate surface area is 457 Å². The average molecular weight is 999 g/mol. The molecule has 370 valence electrons. The lowest BCUT2D eigenvalue weighted by Gasteiger charge is -2.35. The lowest BCUT2D eigenvalue weighted by atomic mass is 9.70. The fraction of sp³-hybridized carbons (Fsp3) is 0.0270. The molecule has 0 atom stereocenters. The quantitative estimate of drug-likeness (QED) is 0.121. The van der Waals surface area contributed by atoms with E-state index in [9.17, 15) is 0 Å². The van der Waals surface area contributed by atoms with Crippen LogP contribution in [0.15, 0.2) is 321 Å². The van der Waals surface area contributed by atoms with Gasteiger partial charge in [-0.2, -0.15) is 0 Å². The molecule has 11 aromatic rings. The Morgan fingerprint density at radius 2 is 0.487 bits per heavy atom. The fourth-order valence-electron chi connectivity index (χ4n) is 12.3. The van der Waals surface area contributed by atoms with E-state index in [0.29, 0.717) is 0 Å².